The smallest absolute Gasteiger partial charge is 0.272 e. The van der Waals surface area contributed by atoms with Crippen molar-refractivity contribution in [1.82, 2.24) is 19.6 Å². The number of benzene rings is 1. The van der Waals surface area contributed by atoms with Gasteiger partial charge in [0.15, 0.2) is 0 Å². The average Bonchev–Trinajstić information content (AvgIpc) is 3.28. The SMILES string of the molecule is Cn1nccc1C(=O)N1CC[C@@]2(CCCN(Cc3ccc(F)cc3)C2=O)C1. The molecule has 0 aliphatic carbocycles. The molecule has 0 bridgehead atoms. The zero-order valence-corrected chi connectivity index (χ0v) is 15.4. The Bertz CT molecular complexity index is 863. The first-order valence-electron chi connectivity index (χ1n) is 9.30. The summed E-state index contributed by atoms with van der Waals surface area (Å²) in [6, 6.07) is 7.98. The van der Waals surface area contributed by atoms with E-state index < -0.39 is 5.41 Å². The molecule has 2 aliphatic heterocycles. The minimum absolute atomic E-state index is 0.0738. The average molecular weight is 370 g/mol. The first-order valence-corrected chi connectivity index (χ1v) is 9.30. The fraction of sp³-hybridized carbons (Fsp3) is 0.450. The van der Waals surface area contributed by atoms with Crippen molar-refractivity contribution in [3.8, 4) is 0 Å². The van der Waals surface area contributed by atoms with Gasteiger partial charge in [0, 0.05) is 39.4 Å². The van der Waals surface area contributed by atoms with Crippen LogP contribution in [0.4, 0.5) is 4.39 Å². The van der Waals surface area contributed by atoms with Gasteiger partial charge in [0.2, 0.25) is 5.91 Å². The van der Waals surface area contributed by atoms with Crippen molar-refractivity contribution in [2.75, 3.05) is 19.6 Å². The van der Waals surface area contributed by atoms with Crippen molar-refractivity contribution in [2.45, 2.75) is 25.8 Å². The highest BCUT2D eigenvalue weighted by Gasteiger charge is 2.49. The zero-order chi connectivity index (χ0) is 19.0. The highest BCUT2D eigenvalue weighted by Crippen LogP contribution is 2.40. The predicted octanol–water partition coefficient (Wildman–Crippen LogP) is 2.21. The summed E-state index contributed by atoms with van der Waals surface area (Å²) in [4.78, 5) is 29.6. The van der Waals surface area contributed by atoms with E-state index in [1.807, 2.05) is 4.90 Å². The standard InChI is InChI=1S/C20H23FN4O2/c1-23-17(7-10-22-23)18(26)25-12-9-20(14-25)8-2-11-24(19(20)27)13-15-3-5-16(21)6-4-15/h3-7,10H,2,8-9,11-14H2,1H3/t20-/m0/s1. The van der Waals surface area contributed by atoms with Crippen LogP contribution in [0.5, 0.6) is 0 Å². The van der Waals surface area contributed by atoms with Gasteiger partial charge in [-0.15, -0.1) is 0 Å². The maximum Gasteiger partial charge on any atom is 0.272 e. The Labute approximate surface area is 157 Å². The minimum atomic E-state index is -0.494. The second-order valence-corrected chi connectivity index (χ2v) is 7.55. The van der Waals surface area contributed by atoms with E-state index >= 15 is 0 Å². The molecule has 6 nitrogen and oxygen atoms in total. The van der Waals surface area contributed by atoms with Crippen LogP contribution in [0.1, 0.15) is 35.3 Å². The third-order valence-corrected chi connectivity index (χ3v) is 5.79. The number of carbonyl (C=O) groups is 2. The second kappa shape index (κ2) is 6.79. The lowest BCUT2D eigenvalue weighted by atomic mass is 9.78. The summed E-state index contributed by atoms with van der Waals surface area (Å²) in [5, 5.41) is 4.06. The number of rotatable bonds is 3. The summed E-state index contributed by atoms with van der Waals surface area (Å²) in [5.74, 6) is -0.242. The van der Waals surface area contributed by atoms with Gasteiger partial charge in [-0.2, -0.15) is 5.10 Å². The largest absolute Gasteiger partial charge is 0.338 e. The predicted molar refractivity (Wildman–Crippen MR) is 97.2 cm³/mol. The lowest BCUT2D eigenvalue weighted by Crippen LogP contribution is -2.50. The number of amides is 2. The molecule has 0 unspecified atom stereocenters. The molecule has 0 saturated carbocycles. The fourth-order valence-corrected chi connectivity index (χ4v) is 4.28. The van der Waals surface area contributed by atoms with Gasteiger partial charge in [-0.3, -0.25) is 14.3 Å². The summed E-state index contributed by atoms with van der Waals surface area (Å²) >= 11 is 0. The van der Waals surface area contributed by atoms with E-state index in [9.17, 15) is 14.0 Å². The Kier molecular flexibility index (Phi) is 4.45. The van der Waals surface area contributed by atoms with Crippen LogP contribution in [0.15, 0.2) is 36.5 Å². The Morgan fingerprint density at radius 3 is 2.67 bits per heavy atom. The molecule has 2 saturated heterocycles. The molecule has 2 fully saturated rings. The van der Waals surface area contributed by atoms with Crippen LogP contribution in [-0.4, -0.2) is 51.0 Å². The number of carbonyl (C=O) groups excluding carboxylic acids is 2. The van der Waals surface area contributed by atoms with Crippen LogP contribution in [0.25, 0.3) is 0 Å². The molecule has 3 heterocycles. The molecule has 2 aliphatic rings. The fourth-order valence-electron chi connectivity index (χ4n) is 4.28. The topological polar surface area (TPSA) is 58.4 Å². The van der Waals surface area contributed by atoms with Gasteiger partial charge in [-0.1, -0.05) is 12.1 Å². The molecule has 1 spiro atoms. The van der Waals surface area contributed by atoms with Gasteiger partial charge in [0.1, 0.15) is 11.5 Å². The van der Waals surface area contributed by atoms with E-state index in [0.29, 0.717) is 38.3 Å². The molecule has 2 amide bonds. The highest BCUT2D eigenvalue weighted by molar-refractivity contribution is 5.94. The highest BCUT2D eigenvalue weighted by atomic mass is 19.1. The van der Waals surface area contributed by atoms with Crippen LogP contribution in [0.2, 0.25) is 0 Å². The van der Waals surface area contributed by atoms with Crippen LogP contribution >= 0.6 is 0 Å². The maximum absolute atomic E-state index is 13.2. The van der Waals surface area contributed by atoms with Crippen molar-refractivity contribution in [3.05, 3.63) is 53.6 Å². The zero-order valence-electron chi connectivity index (χ0n) is 15.4. The van der Waals surface area contributed by atoms with Crippen molar-refractivity contribution >= 4 is 11.8 Å². The van der Waals surface area contributed by atoms with Gasteiger partial charge in [-0.25, -0.2) is 4.39 Å². The first-order chi connectivity index (χ1) is 13.0. The van der Waals surface area contributed by atoms with Crippen LogP contribution in [-0.2, 0) is 18.4 Å². The number of halogens is 1. The number of hydrogen-bond donors (Lipinski definition) is 0. The summed E-state index contributed by atoms with van der Waals surface area (Å²) in [7, 11) is 1.75. The second-order valence-electron chi connectivity index (χ2n) is 7.55. The Morgan fingerprint density at radius 1 is 1.19 bits per heavy atom. The summed E-state index contributed by atoms with van der Waals surface area (Å²) in [5.41, 5.74) is 0.966. The van der Waals surface area contributed by atoms with Crippen molar-refractivity contribution in [3.63, 3.8) is 0 Å². The van der Waals surface area contributed by atoms with Crippen molar-refractivity contribution in [1.29, 1.82) is 0 Å². The Hall–Kier alpha value is -2.70. The lowest BCUT2D eigenvalue weighted by molar-refractivity contribution is -0.146. The molecular weight excluding hydrogens is 347 g/mol. The van der Waals surface area contributed by atoms with Gasteiger partial charge in [0.25, 0.3) is 5.91 Å². The number of likely N-dealkylation sites (tertiary alicyclic amines) is 2. The van der Waals surface area contributed by atoms with Crippen LogP contribution in [0.3, 0.4) is 0 Å². The molecule has 142 valence electrons. The molecule has 0 N–H and O–H groups in total. The third kappa shape index (κ3) is 3.22. The number of piperidine rings is 1. The van der Waals surface area contributed by atoms with Crippen LogP contribution < -0.4 is 0 Å². The van der Waals surface area contributed by atoms with E-state index in [-0.39, 0.29) is 17.6 Å². The molecule has 4 rings (SSSR count). The van der Waals surface area contributed by atoms with E-state index in [1.54, 1.807) is 41.0 Å². The first kappa shape index (κ1) is 17.7. The van der Waals surface area contributed by atoms with Gasteiger partial charge < -0.3 is 9.80 Å². The molecule has 0 radical (unpaired) electrons. The molecule has 1 aromatic heterocycles. The monoisotopic (exact) mass is 370 g/mol. The lowest BCUT2D eigenvalue weighted by Gasteiger charge is -2.39. The van der Waals surface area contributed by atoms with Crippen molar-refractivity contribution in [2.24, 2.45) is 12.5 Å². The van der Waals surface area contributed by atoms with E-state index in [0.717, 1.165) is 18.4 Å². The molecular formula is C20H23FN4O2. The van der Waals surface area contributed by atoms with Gasteiger partial charge in [0.05, 0.1) is 5.41 Å². The van der Waals surface area contributed by atoms with Gasteiger partial charge >= 0.3 is 0 Å². The summed E-state index contributed by atoms with van der Waals surface area (Å²) in [6.07, 6.45) is 4.02. The minimum Gasteiger partial charge on any atom is -0.338 e. The maximum atomic E-state index is 13.2. The molecule has 1 aromatic carbocycles. The van der Waals surface area contributed by atoms with E-state index in [1.165, 1.54) is 12.1 Å². The van der Waals surface area contributed by atoms with E-state index in [2.05, 4.69) is 5.10 Å². The van der Waals surface area contributed by atoms with Crippen LogP contribution in [0, 0.1) is 11.2 Å². The van der Waals surface area contributed by atoms with Crippen molar-refractivity contribution < 1.29 is 14.0 Å². The molecule has 1 atom stereocenters. The summed E-state index contributed by atoms with van der Waals surface area (Å²) < 4.78 is 14.7. The Balaban J connectivity index is 1.48. The molecule has 7 heteroatoms. The van der Waals surface area contributed by atoms with E-state index in [4.69, 9.17) is 0 Å². The molecule has 27 heavy (non-hydrogen) atoms. The number of aromatic nitrogens is 2. The quantitative estimate of drug-likeness (QED) is 0.832. The number of hydrogen-bond acceptors (Lipinski definition) is 3. The molecule has 2 aromatic rings. The third-order valence-electron chi connectivity index (χ3n) is 5.79. The number of nitrogens with zero attached hydrogens (tertiary/aromatic N) is 4. The normalized spacial score (nSPS) is 22.7. The van der Waals surface area contributed by atoms with Gasteiger partial charge in [-0.05, 0) is 43.0 Å². The Morgan fingerprint density at radius 2 is 1.96 bits per heavy atom. The summed E-state index contributed by atoms with van der Waals surface area (Å²) in [6.45, 7) is 2.22. The number of aryl methyl sites for hydroxylation is 1.